The van der Waals surface area contributed by atoms with Crippen LogP contribution in [0.25, 0.3) is 0 Å². The van der Waals surface area contributed by atoms with Crippen LogP contribution in [-0.4, -0.2) is 14.6 Å². The van der Waals surface area contributed by atoms with E-state index in [1.54, 1.807) is 24.3 Å². The van der Waals surface area contributed by atoms with Crippen LogP contribution in [0, 0.1) is 22.6 Å². The van der Waals surface area contributed by atoms with Crippen LogP contribution in [0.3, 0.4) is 0 Å². The second-order valence-electron chi connectivity index (χ2n) is 7.90. The first kappa shape index (κ1) is 21.0. The fourth-order valence-electron chi connectivity index (χ4n) is 4.41. The van der Waals surface area contributed by atoms with Crippen LogP contribution in [0.5, 0.6) is 11.5 Å². The van der Waals surface area contributed by atoms with Crippen LogP contribution in [0.15, 0.2) is 48.5 Å². The molecule has 1 atom stereocenters. The Morgan fingerprint density at radius 2 is 1.66 bits per heavy atom. The molecule has 2 aromatic carbocycles. The number of para-hydroxylation sites is 1. The lowest BCUT2D eigenvalue weighted by atomic mass is 10.1. The number of halogens is 5. The van der Waals surface area contributed by atoms with E-state index in [0.29, 0.717) is 11.3 Å². The Morgan fingerprint density at radius 1 is 1.03 bits per heavy atom. The van der Waals surface area contributed by atoms with Gasteiger partial charge in [-0.25, -0.2) is 4.39 Å². The average Bonchev–Trinajstić information content (AvgIpc) is 3.34. The Kier molecular flexibility index (Phi) is 4.83. The molecule has 1 unspecified atom stereocenters. The predicted molar refractivity (Wildman–Crippen MR) is 111 cm³/mol. The molecule has 0 radical (unpaired) electrons. The van der Waals surface area contributed by atoms with Gasteiger partial charge in [0.1, 0.15) is 12.4 Å². The van der Waals surface area contributed by atoms with Gasteiger partial charge in [0.25, 0.3) is 0 Å². The first-order valence-corrected chi connectivity index (χ1v) is 10.4. The molecule has 0 saturated heterocycles. The quantitative estimate of drug-likeness (QED) is 0.356. The van der Waals surface area contributed by atoms with Gasteiger partial charge >= 0.3 is 5.97 Å². The summed E-state index contributed by atoms with van der Waals surface area (Å²) >= 11 is 25.1. The molecular formula is C21H17Cl4FO3. The maximum Gasteiger partial charge on any atom is 0.310 e. The highest BCUT2D eigenvalue weighted by molar-refractivity contribution is 6.70. The Morgan fingerprint density at radius 3 is 2.21 bits per heavy atom. The Bertz CT molecular complexity index is 961. The molecule has 29 heavy (non-hydrogen) atoms. The number of hydrogen-bond acceptors (Lipinski definition) is 3. The highest BCUT2D eigenvalue weighted by Gasteiger charge is 3.05. The van der Waals surface area contributed by atoms with Crippen LogP contribution < -0.4 is 4.74 Å². The van der Waals surface area contributed by atoms with E-state index < -0.39 is 37.2 Å². The molecule has 1 spiro atoms. The second kappa shape index (κ2) is 6.65. The van der Waals surface area contributed by atoms with Gasteiger partial charge in [0, 0.05) is 0 Å². The van der Waals surface area contributed by atoms with E-state index >= 15 is 0 Å². The molecule has 2 saturated carbocycles. The van der Waals surface area contributed by atoms with Crippen LogP contribution >= 0.6 is 46.4 Å². The van der Waals surface area contributed by atoms with Crippen LogP contribution in [-0.2, 0) is 16.1 Å². The zero-order valence-electron chi connectivity index (χ0n) is 15.5. The smallest absolute Gasteiger partial charge is 0.310 e. The lowest BCUT2D eigenvalue weighted by Crippen LogP contribution is -2.11. The fraction of sp³-hybridized carbons (Fsp3) is 0.381. The highest BCUT2D eigenvalue weighted by Crippen LogP contribution is 2.97. The van der Waals surface area contributed by atoms with Gasteiger partial charge in [0.15, 0.2) is 20.2 Å². The zero-order chi connectivity index (χ0) is 21.2. The van der Waals surface area contributed by atoms with Crippen molar-refractivity contribution in [3.63, 3.8) is 0 Å². The highest BCUT2D eigenvalue weighted by atomic mass is 35.5. The van der Waals surface area contributed by atoms with E-state index in [2.05, 4.69) is 0 Å². The summed E-state index contributed by atoms with van der Waals surface area (Å²) in [6, 6.07) is 13.1. The molecule has 2 fully saturated rings. The van der Waals surface area contributed by atoms with Crippen LogP contribution in [0.4, 0.5) is 4.39 Å². The minimum Gasteiger partial charge on any atom is -0.461 e. The van der Waals surface area contributed by atoms with Crippen molar-refractivity contribution in [1.29, 1.82) is 0 Å². The van der Waals surface area contributed by atoms with Gasteiger partial charge in [0.2, 0.25) is 0 Å². The van der Waals surface area contributed by atoms with E-state index in [1.165, 1.54) is 18.2 Å². The van der Waals surface area contributed by atoms with Gasteiger partial charge in [-0.3, -0.25) is 4.79 Å². The molecule has 2 aromatic rings. The van der Waals surface area contributed by atoms with E-state index in [0.717, 1.165) is 0 Å². The number of carbonyl (C=O) groups is 1. The minimum absolute atomic E-state index is 0.0382. The normalized spacial score (nSPS) is 24.0. The molecular weight excluding hydrogens is 461 g/mol. The first-order chi connectivity index (χ1) is 13.5. The van der Waals surface area contributed by atoms with E-state index in [1.807, 2.05) is 19.9 Å². The SMILES string of the molecule is CC1(C)C(C(=O)OCc2ccc(F)c(Oc3ccccc3)c2)C12C(Cl)(Cl)C2(Cl)Cl. The van der Waals surface area contributed by atoms with Crippen LogP contribution in [0.2, 0.25) is 0 Å². The van der Waals surface area contributed by atoms with Crippen molar-refractivity contribution in [3.05, 3.63) is 59.9 Å². The van der Waals surface area contributed by atoms with Gasteiger partial charge in [-0.15, -0.1) is 0 Å². The summed E-state index contributed by atoms with van der Waals surface area (Å²) in [7, 11) is 0. The molecule has 154 valence electrons. The van der Waals surface area contributed by atoms with E-state index in [-0.39, 0.29) is 12.4 Å². The predicted octanol–water partition coefficient (Wildman–Crippen LogP) is 6.67. The van der Waals surface area contributed by atoms with Gasteiger partial charge in [-0.05, 0) is 35.2 Å². The number of hydrogen-bond donors (Lipinski definition) is 0. The van der Waals surface area contributed by atoms with Gasteiger partial charge in [0.05, 0.1) is 11.3 Å². The molecule has 0 aliphatic heterocycles. The molecule has 2 aliphatic rings. The molecule has 0 aromatic heterocycles. The van der Waals surface area contributed by atoms with Gasteiger partial charge < -0.3 is 9.47 Å². The van der Waals surface area contributed by atoms with Gasteiger partial charge in [-0.1, -0.05) is 84.5 Å². The lowest BCUT2D eigenvalue weighted by Gasteiger charge is -2.10. The average molecular weight is 478 g/mol. The molecule has 0 amide bonds. The summed E-state index contributed by atoms with van der Waals surface area (Å²) < 4.78 is 22.2. The second-order valence-corrected chi connectivity index (χ2v) is 10.6. The molecule has 0 N–H and O–H groups in total. The van der Waals surface area contributed by atoms with Gasteiger partial charge in [-0.2, -0.15) is 0 Å². The third-order valence-corrected chi connectivity index (χ3v) is 8.71. The summed E-state index contributed by atoms with van der Waals surface area (Å²) in [5.74, 6) is -1.13. The summed E-state index contributed by atoms with van der Waals surface area (Å²) in [6.45, 7) is 3.59. The fourth-order valence-corrected chi connectivity index (χ4v) is 6.99. The van der Waals surface area contributed by atoms with E-state index in [9.17, 15) is 9.18 Å². The number of alkyl halides is 4. The maximum absolute atomic E-state index is 14.1. The Balaban J connectivity index is 1.45. The minimum atomic E-state index is -1.43. The number of benzene rings is 2. The van der Waals surface area contributed by atoms with E-state index in [4.69, 9.17) is 55.9 Å². The van der Waals surface area contributed by atoms with Crippen molar-refractivity contribution in [2.24, 2.45) is 16.7 Å². The molecule has 3 nitrogen and oxygen atoms in total. The van der Waals surface area contributed by atoms with Crippen molar-refractivity contribution in [2.75, 3.05) is 0 Å². The maximum atomic E-state index is 14.1. The number of esters is 1. The molecule has 0 heterocycles. The summed E-state index contributed by atoms with van der Waals surface area (Å²) in [6.07, 6.45) is 0. The topological polar surface area (TPSA) is 35.5 Å². The Hall–Kier alpha value is -1.20. The lowest BCUT2D eigenvalue weighted by molar-refractivity contribution is -0.147. The first-order valence-electron chi connectivity index (χ1n) is 8.92. The van der Waals surface area contributed by atoms with Crippen molar-refractivity contribution in [1.82, 2.24) is 0 Å². The van der Waals surface area contributed by atoms with Crippen molar-refractivity contribution < 1.29 is 18.7 Å². The van der Waals surface area contributed by atoms with Crippen molar-refractivity contribution in [2.45, 2.75) is 29.1 Å². The van der Waals surface area contributed by atoms with Crippen LogP contribution in [0.1, 0.15) is 19.4 Å². The summed E-state index contributed by atoms with van der Waals surface area (Å²) in [5, 5.41) is 0. The van der Waals surface area contributed by atoms with Crippen molar-refractivity contribution in [3.8, 4) is 11.5 Å². The summed E-state index contributed by atoms with van der Waals surface area (Å²) in [4.78, 5) is 12.7. The zero-order valence-corrected chi connectivity index (χ0v) is 18.5. The molecule has 2 aliphatic carbocycles. The third kappa shape index (κ3) is 2.79. The summed E-state index contributed by atoms with van der Waals surface area (Å²) in [5.41, 5.74) is -0.998. The third-order valence-electron chi connectivity index (χ3n) is 5.99. The molecule has 4 rings (SSSR count). The number of carbonyl (C=O) groups excluding carboxylic acids is 1. The monoisotopic (exact) mass is 476 g/mol. The molecule has 0 bridgehead atoms. The van der Waals surface area contributed by atoms with Crippen molar-refractivity contribution >= 4 is 52.4 Å². The number of rotatable bonds is 5. The standard InChI is InChI=1S/C21H17Cl4FO3/c1-18(2)16(19(18)20(22,23)21(19,24)25)17(27)28-11-12-8-9-14(26)15(10-12)29-13-6-4-3-5-7-13/h3-10,16H,11H2,1-2H3. The largest absolute Gasteiger partial charge is 0.461 e. The molecule has 8 heteroatoms. The number of ether oxygens (including phenoxy) is 2. The Labute approximate surface area is 188 Å².